The molecule has 3 heteroatoms. The van der Waals surface area contributed by atoms with Crippen LogP contribution in [0.2, 0.25) is 0 Å². The second-order valence-electron chi connectivity index (χ2n) is 4.26. The Morgan fingerprint density at radius 2 is 2.33 bits per heavy atom. The van der Waals surface area contributed by atoms with Gasteiger partial charge >= 0.3 is 0 Å². The number of aryl methyl sites for hydroxylation is 2. The van der Waals surface area contributed by atoms with Gasteiger partial charge in [0, 0.05) is 11.4 Å². The number of rotatable bonds is 3. The molecular formula is C12H19N3. The number of nitrogens with zero attached hydrogens (tertiary/aromatic N) is 2. The van der Waals surface area contributed by atoms with E-state index >= 15 is 0 Å². The zero-order valence-electron chi connectivity index (χ0n) is 9.58. The average molecular weight is 205 g/mol. The van der Waals surface area contributed by atoms with Crippen LogP contribution in [-0.4, -0.2) is 16.5 Å². The zero-order valence-corrected chi connectivity index (χ0v) is 9.58. The number of nitrogens with one attached hydrogen (secondary N) is 1. The van der Waals surface area contributed by atoms with Crippen molar-refractivity contribution in [2.75, 3.05) is 6.54 Å². The van der Waals surface area contributed by atoms with Crippen LogP contribution in [0.5, 0.6) is 0 Å². The van der Waals surface area contributed by atoms with Gasteiger partial charge < -0.3 is 5.32 Å². The van der Waals surface area contributed by atoms with Gasteiger partial charge in [0.1, 0.15) is 5.82 Å². The van der Waals surface area contributed by atoms with Crippen molar-refractivity contribution in [1.82, 2.24) is 15.3 Å². The first-order chi connectivity index (χ1) is 7.29. The molecule has 0 bridgehead atoms. The summed E-state index contributed by atoms with van der Waals surface area (Å²) >= 11 is 0. The van der Waals surface area contributed by atoms with Crippen LogP contribution in [0.15, 0.2) is 6.07 Å². The Balaban J connectivity index is 2.22. The molecule has 0 amide bonds. The average Bonchev–Trinajstić information content (AvgIpc) is 2.70. The molecular weight excluding hydrogens is 186 g/mol. The van der Waals surface area contributed by atoms with Crippen LogP contribution in [-0.2, 0) is 6.42 Å². The molecule has 0 spiro atoms. The lowest BCUT2D eigenvalue weighted by molar-refractivity contribution is 0.596. The molecule has 1 fully saturated rings. The first-order valence-electron chi connectivity index (χ1n) is 5.87. The first-order valence-corrected chi connectivity index (χ1v) is 5.87. The highest BCUT2D eigenvalue weighted by Crippen LogP contribution is 2.20. The Labute approximate surface area is 91.3 Å². The standard InChI is InChI=1S/C12H19N3/c1-3-5-10-8-9(2)14-12(15-10)11-6-4-7-13-11/h8,11,13H,3-7H2,1-2H3. The van der Waals surface area contributed by atoms with Gasteiger partial charge in [-0.2, -0.15) is 0 Å². The second kappa shape index (κ2) is 4.71. The van der Waals surface area contributed by atoms with E-state index in [0.717, 1.165) is 30.9 Å². The Kier molecular flexibility index (Phi) is 3.31. The maximum atomic E-state index is 4.63. The van der Waals surface area contributed by atoms with Crippen molar-refractivity contribution in [3.05, 3.63) is 23.3 Å². The summed E-state index contributed by atoms with van der Waals surface area (Å²) in [7, 11) is 0. The van der Waals surface area contributed by atoms with E-state index in [-0.39, 0.29) is 0 Å². The van der Waals surface area contributed by atoms with Crippen LogP contribution in [0.1, 0.15) is 49.4 Å². The first kappa shape index (κ1) is 10.6. The predicted octanol–water partition coefficient (Wildman–Crippen LogP) is 2.16. The molecule has 0 aromatic carbocycles. The number of hydrogen-bond donors (Lipinski definition) is 1. The van der Waals surface area contributed by atoms with Crippen LogP contribution >= 0.6 is 0 Å². The molecule has 2 rings (SSSR count). The fourth-order valence-electron chi connectivity index (χ4n) is 2.10. The highest BCUT2D eigenvalue weighted by atomic mass is 15.0. The summed E-state index contributed by atoms with van der Waals surface area (Å²) in [6.07, 6.45) is 4.62. The Hall–Kier alpha value is -0.960. The largest absolute Gasteiger partial charge is 0.307 e. The molecule has 0 aliphatic carbocycles. The smallest absolute Gasteiger partial charge is 0.145 e. The third-order valence-electron chi connectivity index (χ3n) is 2.80. The van der Waals surface area contributed by atoms with Crippen molar-refractivity contribution in [2.45, 2.75) is 45.6 Å². The van der Waals surface area contributed by atoms with Gasteiger partial charge in [-0.15, -0.1) is 0 Å². The summed E-state index contributed by atoms with van der Waals surface area (Å²) in [6.45, 7) is 5.34. The maximum absolute atomic E-state index is 4.63. The van der Waals surface area contributed by atoms with Crippen molar-refractivity contribution >= 4 is 0 Å². The van der Waals surface area contributed by atoms with Crippen molar-refractivity contribution in [3.8, 4) is 0 Å². The highest BCUT2D eigenvalue weighted by Gasteiger charge is 2.19. The summed E-state index contributed by atoms with van der Waals surface area (Å²) in [5, 5.41) is 3.44. The van der Waals surface area contributed by atoms with E-state index < -0.39 is 0 Å². The molecule has 1 atom stereocenters. The molecule has 15 heavy (non-hydrogen) atoms. The number of aromatic nitrogens is 2. The van der Waals surface area contributed by atoms with Gasteiger partial charge in [0.05, 0.1) is 6.04 Å². The van der Waals surface area contributed by atoms with E-state index in [0.29, 0.717) is 6.04 Å². The summed E-state index contributed by atoms with van der Waals surface area (Å²) < 4.78 is 0. The Morgan fingerprint density at radius 3 is 3.00 bits per heavy atom. The minimum atomic E-state index is 0.389. The third-order valence-corrected chi connectivity index (χ3v) is 2.80. The quantitative estimate of drug-likeness (QED) is 0.821. The van der Waals surface area contributed by atoms with Crippen LogP contribution < -0.4 is 5.32 Å². The fraction of sp³-hybridized carbons (Fsp3) is 0.667. The third kappa shape index (κ3) is 2.53. The van der Waals surface area contributed by atoms with Gasteiger partial charge in [0.2, 0.25) is 0 Å². The molecule has 1 N–H and O–H groups in total. The molecule has 0 radical (unpaired) electrons. The molecule has 1 aromatic rings. The zero-order chi connectivity index (χ0) is 10.7. The lowest BCUT2D eigenvalue weighted by Crippen LogP contribution is -2.17. The molecule has 1 aliphatic heterocycles. The minimum Gasteiger partial charge on any atom is -0.307 e. The maximum Gasteiger partial charge on any atom is 0.145 e. The van der Waals surface area contributed by atoms with E-state index in [1.165, 1.54) is 18.5 Å². The van der Waals surface area contributed by atoms with Crippen LogP contribution in [0.3, 0.4) is 0 Å². The van der Waals surface area contributed by atoms with Crippen molar-refractivity contribution in [3.63, 3.8) is 0 Å². The van der Waals surface area contributed by atoms with Gasteiger partial charge in [-0.05, 0) is 38.8 Å². The molecule has 1 aliphatic rings. The topological polar surface area (TPSA) is 37.8 Å². The van der Waals surface area contributed by atoms with Gasteiger partial charge in [-0.3, -0.25) is 0 Å². The predicted molar refractivity (Wildman–Crippen MR) is 60.7 cm³/mol. The van der Waals surface area contributed by atoms with Gasteiger partial charge in [0.25, 0.3) is 0 Å². The molecule has 1 aromatic heterocycles. The highest BCUT2D eigenvalue weighted by molar-refractivity contribution is 5.12. The summed E-state index contributed by atoms with van der Waals surface area (Å²) in [6, 6.07) is 2.49. The Bertz CT molecular complexity index is 330. The molecule has 2 heterocycles. The monoisotopic (exact) mass is 205 g/mol. The molecule has 1 unspecified atom stereocenters. The van der Waals surface area contributed by atoms with E-state index in [4.69, 9.17) is 0 Å². The molecule has 3 nitrogen and oxygen atoms in total. The SMILES string of the molecule is CCCc1cc(C)nc(C2CCCN2)n1. The lowest BCUT2D eigenvalue weighted by Gasteiger charge is -2.10. The van der Waals surface area contributed by atoms with E-state index in [9.17, 15) is 0 Å². The fourth-order valence-corrected chi connectivity index (χ4v) is 2.10. The van der Waals surface area contributed by atoms with Crippen molar-refractivity contribution in [1.29, 1.82) is 0 Å². The molecule has 0 saturated carbocycles. The van der Waals surface area contributed by atoms with E-state index in [2.05, 4.69) is 35.2 Å². The normalized spacial score (nSPS) is 20.8. The summed E-state index contributed by atoms with van der Waals surface area (Å²) in [5.41, 5.74) is 2.28. The second-order valence-corrected chi connectivity index (χ2v) is 4.26. The number of hydrogen-bond acceptors (Lipinski definition) is 3. The molecule has 82 valence electrons. The van der Waals surface area contributed by atoms with Gasteiger partial charge in [-0.25, -0.2) is 9.97 Å². The van der Waals surface area contributed by atoms with Crippen molar-refractivity contribution in [2.24, 2.45) is 0 Å². The van der Waals surface area contributed by atoms with Crippen molar-refractivity contribution < 1.29 is 0 Å². The minimum absolute atomic E-state index is 0.389. The lowest BCUT2D eigenvalue weighted by atomic mass is 10.2. The summed E-state index contributed by atoms with van der Waals surface area (Å²) in [5.74, 6) is 0.996. The van der Waals surface area contributed by atoms with E-state index in [1.54, 1.807) is 0 Å². The summed E-state index contributed by atoms with van der Waals surface area (Å²) in [4.78, 5) is 9.16. The van der Waals surface area contributed by atoms with E-state index in [1.807, 2.05) is 0 Å². The van der Waals surface area contributed by atoms with Crippen LogP contribution in [0.25, 0.3) is 0 Å². The van der Waals surface area contributed by atoms with Crippen LogP contribution in [0.4, 0.5) is 0 Å². The molecule has 1 saturated heterocycles. The van der Waals surface area contributed by atoms with Gasteiger partial charge in [0.15, 0.2) is 0 Å². The van der Waals surface area contributed by atoms with Crippen LogP contribution in [0, 0.1) is 6.92 Å². The van der Waals surface area contributed by atoms with Gasteiger partial charge in [-0.1, -0.05) is 13.3 Å². The Morgan fingerprint density at radius 1 is 1.47 bits per heavy atom.